The summed E-state index contributed by atoms with van der Waals surface area (Å²) in [5, 5.41) is 11.3. The predicted octanol–water partition coefficient (Wildman–Crippen LogP) is 1.25. The number of nitrogens with zero attached hydrogens (tertiary/aromatic N) is 7. The molecule has 120 valence electrons. The van der Waals surface area contributed by atoms with E-state index in [4.69, 9.17) is 0 Å². The molecule has 3 aromatic rings. The summed E-state index contributed by atoms with van der Waals surface area (Å²) in [5.41, 5.74) is 1.22. The Balaban J connectivity index is 1.36. The van der Waals surface area contributed by atoms with Gasteiger partial charge in [-0.25, -0.2) is 9.97 Å². The van der Waals surface area contributed by atoms with Crippen LogP contribution in [0.2, 0.25) is 0 Å². The number of hydrogen-bond donors (Lipinski definition) is 0. The first-order valence-electron chi connectivity index (χ1n) is 7.83. The number of piperazine rings is 1. The van der Waals surface area contributed by atoms with Gasteiger partial charge in [0, 0.05) is 50.7 Å². The fraction of sp³-hybridized carbons (Fsp3) is 0.467. The molecule has 0 spiro atoms. The summed E-state index contributed by atoms with van der Waals surface area (Å²) in [6.45, 7) is 7.29. The second-order valence-electron chi connectivity index (χ2n) is 5.74. The van der Waals surface area contributed by atoms with Crippen molar-refractivity contribution in [3.63, 3.8) is 0 Å². The third-order valence-corrected chi connectivity index (χ3v) is 5.06. The molecule has 1 aliphatic rings. The van der Waals surface area contributed by atoms with Crippen molar-refractivity contribution in [2.75, 3.05) is 37.6 Å². The van der Waals surface area contributed by atoms with Gasteiger partial charge < -0.3 is 4.90 Å². The normalized spacial score (nSPS) is 16.3. The summed E-state index contributed by atoms with van der Waals surface area (Å²) in [7, 11) is 0. The first kappa shape index (κ1) is 14.5. The Morgan fingerprint density at radius 3 is 2.87 bits per heavy atom. The van der Waals surface area contributed by atoms with Crippen LogP contribution in [0, 0.1) is 6.92 Å². The molecule has 0 atom stereocenters. The van der Waals surface area contributed by atoms with E-state index in [1.54, 1.807) is 23.9 Å². The van der Waals surface area contributed by atoms with Crippen LogP contribution >= 0.6 is 11.3 Å². The standard InChI is InChI=1S/C15H19N7S/c1-12-18-13(10-23-12)3-5-20-6-8-21(9-7-20)14-2-4-16-15-19-17-11-22(14)15/h2,4,10-11H,3,5-9H2,1H3. The van der Waals surface area contributed by atoms with Gasteiger partial charge in [0.2, 0.25) is 0 Å². The summed E-state index contributed by atoms with van der Waals surface area (Å²) >= 11 is 1.73. The summed E-state index contributed by atoms with van der Waals surface area (Å²) in [6, 6.07) is 2.03. The molecule has 1 saturated heterocycles. The highest BCUT2D eigenvalue weighted by Gasteiger charge is 2.19. The predicted molar refractivity (Wildman–Crippen MR) is 90.0 cm³/mol. The topological polar surface area (TPSA) is 62.5 Å². The van der Waals surface area contributed by atoms with Crippen LogP contribution in [0.3, 0.4) is 0 Å². The molecule has 1 fully saturated rings. The van der Waals surface area contributed by atoms with Gasteiger partial charge in [0.1, 0.15) is 12.1 Å². The smallest absolute Gasteiger partial charge is 0.256 e. The molecule has 0 radical (unpaired) electrons. The largest absolute Gasteiger partial charge is 0.355 e. The van der Waals surface area contributed by atoms with Crippen LogP contribution in [0.1, 0.15) is 10.7 Å². The van der Waals surface area contributed by atoms with Gasteiger partial charge in [-0.15, -0.1) is 21.5 Å². The SMILES string of the molecule is Cc1nc(CCN2CCN(c3ccnc4nncn34)CC2)cs1. The number of thiazole rings is 1. The van der Waals surface area contributed by atoms with Crippen LogP contribution in [0.4, 0.5) is 5.82 Å². The number of fused-ring (bicyclic) bond motifs is 1. The minimum Gasteiger partial charge on any atom is -0.355 e. The molecule has 0 aromatic carbocycles. The van der Waals surface area contributed by atoms with Crippen molar-refractivity contribution in [2.45, 2.75) is 13.3 Å². The van der Waals surface area contributed by atoms with Crippen LogP contribution in [0.5, 0.6) is 0 Å². The van der Waals surface area contributed by atoms with Gasteiger partial charge in [-0.2, -0.15) is 0 Å². The highest BCUT2D eigenvalue weighted by atomic mass is 32.1. The maximum atomic E-state index is 4.54. The van der Waals surface area contributed by atoms with E-state index in [0.29, 0.717) is 5.78 Å². The molecule has 0 amide bonds. The van der Waals surface area contributed by atoms with E-state index in [1.165, 1.54) is 5.69 Å². The second kappa shape index (κ2) is 6.21. The van der Waals surface area contributed by atoms with E-state index in [0.717, 1.165) is 50.0 Å². The molecule has 3 aromatic heterocycles. The Labute approximate surface area is 138 Å². The summed E-state index contributed by atoms with van der Waals surface area (Å²) < 4.78 is 1.95. The lowest BCUT2D eigenvalue weighted by atomic mass is 10.2. The van der Waals surface area contributed by atoms with Crippen LogP contribution in [0.15, 0.2) is 24.0 Å². The molecule has 0 saturated carbocycles. The molecule has 0 N–H and O–H groups in total. The van der Waals surface area contributed by atoms with Crippen molar-refractivity contribution in [3.8, 4) is 0 Å². The monoisotopic (exact) mass is 329 g/mol. The summed E-state index contributed by atoms with van der Waals surface area (Å²) in [5.74, 6) is 1.78. The van der Waals surface area contributed by atoms with Crippen molar-refractivity contribution >= 4 is 22.9 Å². The van der Waals surface area contributed by atoms with E-state index >= 15 is 0 Å². The number of aromatic nitrogens is 5. The van der Waals surface area contributed by atoms with E-state index in [2.05, 4.69) is 42.3 Å². The lowest BCUT2D eigenvalue weighted by Gasteiger charge is -2.35. The maximum absolute atomic E-state index is 4.54. The molecule has 4 heterocycles. The minimum absolute atomic E-state index is 0.656. The van der Waals surface area contributed by atoms with Crippen molar-refractivity contribution in [1.29, 1.82) is 0 Å². The van der Waals surface area contributed by atoms with Gasteiger partial charge >= 0.3 is 0 Å². The molecule has 0 aliphatic carbocycles. The third-order valence-electron chi connectivity index (χ3n) is 4.24. The molecular formula is C15H19N7S. The average molecular weight is 329 g/mol. The van der Waals surface area contributed by atoms with Gasteiger partial charge in [0.25, 0.3) is 5.78 Å². The van der Waals surface area contributed by atoms with Crippen LogP contribution in [0.25, 0.3) is 5.78 Å². The fourth-order valence-electron chi connectivity index (χ4n) is 2.98. The van der Waals surface area contributed by atoms with Gasteiger partial charge in [-0.1, -0.05) is 0 Å². The quantitative estimate of drug-likeness (QED) is 0.718. The molecule has 4 rings (SSSR count). The van der Waals surface area contributed by atoms with Crippen LogP contribution < -0.4 is 4.90 Å². The highest BCUT2D eigenvalue weighted by molar-refractivity contribution is 7.09. The number of rotatable bonds is 4. The fourth-order valence-corrected chi connectivity index (χ4v) is 3.63. The van der Waals surface area contributed by atoms with E-state index in [-0.39, 0.29) is 0 Å². The third kappa shape index (κ3) is 3.04. The Kier molecular flexibility index (Phi) is 3.92. The molecule has 1 aliphatic heterocycles. The zero-order valence-corrected chi connectivity index (χ0v) is 13.9. The van der Waals surface area contributed by atoms with E-state index in [1.807, 2.05) is 10.5 Å². The van der Waals surface area contributed by atoms with Crippen molar-refractivity contribution in [1.82, 2.24) is 29.5 Å². The van der Waals surface area contributed by atoms with Crippen molar-refractivity contribution < 1.29 is 0 Å². The first-order valence-corrected chi connectivity index (χ1v) is 8.70. The molecule has 23 heavy (non-hydrogen) atoms. The average Bonchev–Trinajstić information content (AvgIpc) is 3.22. The molecule has 7 nitrogen and oxygen atoms in total. The summed E-state index contributed by atoms with van der Waals surface area (Å²) in [4.78, 5) is 13.7. The zero-order chi connectivity index (χ0) is 15.6. The molecule has 8 heteroatoms. The van der Waals surface area contributed by atoms with Gasteiger partial charge in [-0.3, -0.25) is 9.30 Å². The van der Waals surface area contributed by atoms with Crippen LogP contribution in [-0.4, -0.2) is 62.2 Å². The van der Waals surface area contributed by atoms with Gasteiger partial charge in [-0.05, 0) is 13.0 Å². The Hall–Kier alpha value is -2.06. The van der Waals surface area contributed by atoms with Crippen LogP contribution in [-0.2, 0) is 6.42 Å². The van der Waals surface area contributed by atoms with E-state index < -0.39 is 0 Å². The van der Waals surface area contributed by atoms with Crippen molar-refractivity contribution in [2.24, 2.45) is 0 Å². The highest BCUT2D eigenvalue weighted by Crippen LogP contribution is 2.17. The maximum Gasteiger partial charge on any atom is 0.256 e. The lowest BCUT2D eigenvalue weighted by Crippen LogP contribution is -2.47. The molecular weight excluding hydrogens is 310 g/mol. The number of anilines is 1. The van der Waals surface area contributed by atoms with Gasteiger partial charge in [0.15, 0.2) is 0 Å². The first-order chi connectivity index (χ1) is 11.3. The Morgan fingerprint density at radius 2 is 2.09 bits per heavy atom. The zero-order valence-electron chi connectivity index (χ0n) is 13.1. The Bertz CT molecular complexity index is 788. The lowest BCUT2D eigenvalue weighted by molar-refractivity contribution is 0.259. The molecule has 0 unspecified atom stereocenters. The number of hydrogen-bond acceptors (Lipinski definition) is 7. The molecule has 0 bridgehead atoms. The van der Waals surface area contributed by atoms with Crippen molar-refractivity contribution in [3.05, 3.63) is 34.7 Å². The van der Waals surface area contributed by atoms with E-state index in [9.17, 15) is 0 Å². The number of aryl methyl sites for hydroxylation is 1. The summed E-state index contributed by atoms with van der Waals surface area (Å²) in [6.07, 6.45) is 4.57. The minimum atomic E-state index is 0.656. The second-order valence-corrected chi connectivity index (χ2v) is 6.80. The van der Waals surface area contributed by atoms with Gasteiger partial charge in [0.05, 0.1) is 10.7 Å². The Morgan fingerprint density at radius 1 is 1.22 bits per heavy atom.